The molecule has 0 unspecified atom stereocenters. The summed E-state index contributed by atoms with van der Waals surface area (Å²) in [6.45, 7) is 1.43. The van der Waals surface area contributed by atoms with Gasteiger partial charge in [-0.15, -0.1) is 0 Å². The maximum absolute atomic E-state index is 13.6. The predicted molar refractivity (Wildman–Crippen MR) is 96.8 cm³/mol. The number of carbonyl (C=O) groups excluding carboxylic acids is 1. The van der Waals surface area contributed by atoms with Crippen LogP contribution in [0.25, 0.3) is 22.4 Å². The number of thioether (sulfide) groups is 1. The second-order valence-corrected chi connectivity index (χ2v) is 6.72. The highest BCUT2D eigenvalue weighted by atomic mass is 32.2. The molecule has 0 atom stereocenters. The van der Waals surface area contributed by atoms with Crippen LogP contribution in [0.1, 0.15) is 6.92 Å². The second-order valence-electron chi connectivity index (χ2n) is 5.76. The molecule has 0 aliphatic rings. The Labute approximate surface area is 151 Å². The Morgan fingerprint density at radius 3 is 2.58 bits per heavy atom. The van der Waals surface area contributed by atoms with E-state index in [0.717, 1.165) is 16.3 Å². The number of Topliss-reactive ketones (excluding diaryl/α,β-unsaturated/α-hetero) is 1. The van der Waals surface area contributed by atoms with Crippen molar-refractivity contribution in [2.75, 3.05) is 5.75 Å². The van der Waals surface area contributed by atoms with Crippen LogP contribution in [-0.2, 0) is 18.9 Å². The van der Waals surface area contributed by atoms with Crippen molar-refractivity contribution in [3.63, 3.8) is 0 Å². The van der Waals surface area contributed by atoms with Crippen LogP contribution in [-0.4, -0.2) is 30.6 Å². The van der Waals surface area contributed by atoms with Crippen LogP contribution in [0, 0.1) is 5.82 Å². The smallest absolute Gasteiger partial charge is 0.299 e. The van der Waals surface area contributed by atoms with Crippen molar-refractivity contribution in [3.05, 3.63) is 50.9 Å². The normalized spacial score (nSPS) is 11.1. The Morgan fingerprint density at radius 2 is 1.92 bits per heavy atom. The zero-order valence-electron chi connectivity index (χ0n) is 14.3. The minimum Gasteiger partial charge on any atom is -0.299 e. The fourth-order valence-corrected chi connectivity index (χ4v) is 3.27. The Bertz CT molecular complexity index is 1150. The lowest BCUT2D eigenvalue weighted by Gasteiger charge is -2.11. The third-order valence-electron chi connectivity index (χ3n) is 3.76. The van der Waals surface area contributed by atoms with E-state index in [1.807, 2.05) is 0 Å². The number of ketones is 1. The number of hydrogen-bond donors (Lipinski definition) is 0. The molecular weight excluding hydrogens is 359 g/mol. The van der Waals surface area contributed by atoms with Crippen molar-refractivity contribution < 1.29 is 9.18 Å². The van der Waals surface area contributed by atoms with E-state index in [1.54, 1.807) is 6.07 Å². The van der Waals surface area contributed by atoms with Crippen molar-refractivity contribution in [2.24, 2.45) is 14.1 Å². The van der Waals surface area contributed by atoms with Crippen molar-refractivity contribution in [1.82, 2.24) is 19.1 Å². The lowest BCUT2D eigenvalue weighted by atomic mass is 10.2. The molecule has 134 valence electrons. The van der Waals surface area contributed by atoms with Gasteiger partial charge in [-0.25, -0.2) is 19.2 Å². The molecule has 7 nitrogen and oxygen atoms in total. The molecule has 0 saturated carbocycles. The average molecular weight is 374 g/mol. The summed E-state index contributed by atoms with van der Waals surface area (Å²) in [6, 6.07) is 5.70. The van der Waals surface area contributed by atoms with Gasteiger partial charge in [-0.1, -0.05) is 23.9 Å². The molecule has 0 N–H and O–H groups in total. The van der Waals surface area contributed by atoms with Gasteiger partial charge < -0.3 is 0 Å². The molecule has 0 spiro atoms. The van der Waals surface area contributed by atoms with Crippen LogP contribution in [0.4, 0.5) is 4.39 Å². The van der Waals surface area contributed by atoms with E-state index < -0.39 is 17.1 Å². The lowest BCUT2D eigenvalue weighted by molar-refractivity contribution is -0.114. The molecule has 0 radical (unpaired) electrons. The highest BCUT2D eigenvalue weighted by Gasteiger charge is 2.18. The van der Waals surface area contributed by atoms with E-state index in [2.05, 4.69) is 9.97 Å². The van der Waals surface area contributed by atoms with Crippen molar-refractivity contribution in [2.45, 2.75) is 11.9 Å². The summed E-state index contributed by atoms with van der Waals surface area (Å²) in [6.07, 6.45) is 0. The number of aryl methyl sites for hydroxylation is 1. The van der Waals surface area contributed by atoms with E-state index >= 15 is 0 Å². The Hall–Kier alpha value is -2.81. The van der Waals surface area contributed by atoms with E-state index in [-0.39, 0.29) is 33.4 Å². The van der Waals surface area contributed by atoms with E-state index in [0.29, 0.717) is 5.56 Å². The molecule has 3 rings (SSSR count). The van der Waals surface area contributed by atoms with Crippen LogP contribution >= 0.6 is 11.8 Å². The third-order valence-corrected chi connectivity index (χ3v) is 4.88. The molecule has 2 heterocycles. The molecular formula is C17H15FN4O3S. The maximum atomic E-state index is 13.6. The Morgan fingerprint density at radius 1 is 1.19 bits per heavy atom. The summed E-state index contributed by atoms with van der Waals surface area (Å²) in [5.74, 6) is -0.259. The first kappa shape index (κ1) is 18.0. The van der Waals surface area contributed by atoms with Gasteiger partial charge in [0.25, 0.3) is 5.56 Å². The summed E-state index contributed by atoms with van der Waals surface area (Å²) < 4.78 is 15.8. The SMILES string of the molecule is CC(=O)CSc1nc(-c2cccc(F)c2)nc2c1c(=O)n(C)c(=O)n2C. The van der Waals surface area contributed by atoms with Gasteiger partial charge in [0, 0.05) is 19.7 Å². The zero-order valence-corrected chi connectivity index (χ0v) is 15.1. The maximum Gasteiger partial charge on any atom is 0.332 e. The number of fused-ring (bicyclic) bond motifs is 1. The van der Waals surface area contributed by atoms with Gasteiger partial charge in [-0.05, 0) is 19.1 Å². The highest BCUT2D eigenvalue weighted by molar-refractivity contribution is 8.00. The van der Waals surface area contributed by atoms with Gasteiger partial charge in [0.2, 0.25) is 0 Å². The van der Waals surface area contributed by atoms with Gasteiger partial charge in [-0.3, -0.25) is 18.7 Å². The lowest BCUT2D eigenvalue weighted by Crippen LogP contribution is -2.37. The molecule has 2 aromatic heterocycles. The van der Waals surface area contributed by atoms with Gasteiger partial charge in [0.15, 0.2) is 11.5 Å². The topological polar surface area (TPSA) is 86.8 Å². The number of carbonyl (C=O) groups is 1. The molecule has 0 aliphatic carbocycles. The summed E-state index contributed by atoms with van der Waals surface area (Å²) in [5, 5.41) is 0.432. The molecule has 3 aromatic rings. The minimum atomic E-state index is -0.542. The number of rotatable bonds is 4. The summed E-state index contributed by atoms with van der Waals surface area (Å²) >= 11 is 1.09. The molecule has 0 fully saturated rings. The quantitative estimate of drug-likeness (QED) is 0.508. The highest BCUT2D eigenvalue weighted by Crippen LogP contribution is 2.26. The molecule has 0 amide bonds. The standard InChI is InChI=1S/C17H15FN4O3S/c1-9(23)8-26-15-12-14(21(2)17(25)22(3)16(12)24)19-13(20-15)10-5-4-6-11(18)7-10/h4-7H,8H2,1-3H3. The molecule has 0 aliphatic heterocycles. The van der Waals surface area contributed by atoms with Gasteiger partial charge >= 0.3 is 5.69 Å². The molecule has 26 heavy (non-hydrogen) atoms. The second kappa shape index (κ2) is 6.83. The van der Waals surface area contributed by atoms with E-state index in [9.17, 15) is 18.8 Å². The van der Waals surface area contributed by atoms with Crippen molar-refractivity contribution >= 4 is 28.6 Å². The number of benzene rings is 1. The zero-order chi connectivity index (χ0) is 19.0. The molecule has 1 aromatic carbocycles. The molecule has 0 bridgehead atoms. The molecule has 0 saturated heterocycles. The number of halogens is 1. The van der Waals surface area contributed by atoms with Gasteiger partial charge in [0.1, 0.15) is 22.0 Å². The van der Waals surface area contributed by atoms with Crippen LogP contribution in [0.15, 0.2) is 38.9 Å². The summed E-state index contributed by atoms with van der Waals surface area (Å²) in [7, 11) is 2.86. The van der Waals surface area contributed by atoms with Crippen LogP contribution in [0.3, 0.4) is 0 Å². The van der Waals surface area contributed by atoms with Crippen LogP contribution < -0.4 is 11.2 Å². The van der Waals surface area contributed by atoms with E-state index in [1.165, 1.54) is 43.8 Å². The summed E-state index contributed by atoms with van der Waals surface area (Å²) in [4.78, 5) is 44.9. The van der Waals surface area contributed by atoms with E-state index in [4.69, 9.17) is 0 Å². The van der Waals surface area contributed by atoms with Crippen molar-refractivity contribution in [1.29, 1.82) is 0 Å². The first-order valence-corrected chi connectivity index (χ1v) is 8.64. The van der Waals surface area contributed by atoms with Gasteiger partial charge in [0.05, 0.1) is 5.75 Å². The minimum absolute atomic E-state index is 0.0873. The van der Waals surface area contributed by atoms with Crippen LogP contribution in [0.2, 0.25) is 0 Å². The number of nitrogens with zero attached hydrogens (tertiary/aromatic N) is 4. The number of hydrogen-bond acceptors (Lipinski definition) is 6. The largest absolute Gasteiger partial charge is 0.332 e. The third kappa shape index (κ3) is 3.17. The fourth-order valence-electron chi connectivity index (χ4n) is 2.46. The van der Waals surface area contributed by atoms with Gasteiger partial charge in [-0.2, -0.15) is 0 Å². The Kier molecular flexibility index (Phi) is 4.73. The summed E-state index contributed by atoms with van der Waals surface area (Å²) in [5.41, 5.74) is -0.531. The molecule has 9 heteroatoms. The fraction of sp³-hybridized carbons (Fsp3) is 0.235. The predicted octanol–water partition coefficient (Wildman–Crippen LogP) is 1.51. The Balaban J connectivity index is 2.38. The monoisotopic (exact) mass is 374 g/mol. The van der Waals surface area contributed by atoms with Crippen molar-refractivity contribution in [3.8, 4) is 11.4 Å². The first-order chi connectivity index (χ1) is 12.3. The van der Waals surface area contributed by atoms with Crippen LogP contribution in [0.5, 0.6) is 0 Å². The number of aromatic nitrogens is 4. The average Bonchev–Trinajstić information content (AvgIpc) is 2.62. The first-order valence-electron chi connectivity index (χ1n) is 7.65.